The van der Waals surface area contributed by atoms with Crippen molar-refractivity contribution in [2.75, 3.05) is 53.0 Å². The van der Waals surface area contributed by atoms with Crippen molar-refractivity contribution < 1.29 is 13.9 Å². The number of nitrogens with one attached hydrogen (secondary N) is 3. The molecule has 1 amide bonds. The minimum absolute atomic E-state index is 0. The van der Waals surface area contributed by atoms with Gasteiger partial charge in [-0.2, -0.15) is 0 Å². The number of furan rings is 1. The number of aliphatic imine (C=N–C) groups is 1. The standard InChI is InChI=1S/C19H27N5O3S.HI/c1-20-19(22-7-6-21-18(25)16-4-2-10-27-16)23-14-15(17-5-3-13-28-17)24-8-11-26-12-9-24;/h2-5,10,13,15H,6-9,11-12,14H2,1H3,(H,21,25)(H2,20,22,23);1H. The van der Waals surface area contributed by atoms with Crippen LogP contribution in [0.15, 0.2) is 45.3 Å². The van der Waals surface area contributed by atoms with Gasteiger partial charge in [0.15, 0.2) is 11.7 Å². The van der Waals surface area contributed by atoms with Gasteiger partial charge in [-0.1, -0.05) is 6.07 Å². The summed E-state index contributed by atoms with van der Waals surface area (Å²) in [5.41, 5.74) is 0. The molecule has 0 aliphatic carbocycles. The number of carbonyl (C=O) groups excluding carboxylic acids is 1. The third-order valence-corrected chi connectivity index (χ3v) is 5.47. The fourth-order valence-corrected chi connectivity index (χ4v) is 3.91. The summed E-state index contributed by atoms with van der Waals surface area (Å²) in [6, 6.07) is 7.87. The van der Waals surface area contributed by atoms with E-state index in [0.29, 0.717) is 24.8 Å². The van der Waals surface area contributed by atoms with Crippen LogP contribution in [0.1, 0.15) is 21.5 Å². The number of nitrogens with zero attached hydrogens (tertiary/aromatic N) is 2. The number of ether oxygens (including phenoxy) is 1. The normalized spacial score (nSPS) is 16.0. The average molecular weight is 533 g/mol. The highest BCUT2D eigenvalue weighted by Crippen LogP contribution is 2.25. The topological polar surface area (TPSA) is 91.1 Å². The first-order valence-electron chi connectivity index (χ1n) is 9.39. The van der Waals surface area contributed by atoms with E-state index >= 15 is 0 Å². The monoisotopic (exact) mass is 533 g/mol. The van der Waals surface area contributed by atoms with Gasteiger partial charge in [0.1, 0.15) is 0 Å². The second-order valence-corrected chi connectivity index (χ2v) is 7.27. The molecule has 1 unspecified atom stereocenters. The average Bonchev–Trinajstić information content (AvgIpc) is 3.45. The fraction of sp³-hybridized carbons (Fsp3) is 0.474. The lowest BCUT2D eigenvalue weighted by Gasteiger charge is -2.34. The molecule has 3 N–H and O–H groups in total. The van der Waals surface area contributed by atoms with E-state index in [1.807, 2.05) is 0 Å². The summed E-state index contributed by atoms with van der Waals surface area (Å²) in [5.74, 6) is 0.800. The summed E-state index contributed by atoms with van der Waals surface area (Å²) >= 11 is 1.77. The van der Waals surface area contributed by atoms with E-state index in [1.165, 1.54) is 11.1 Å². The number of amides is 1. The second kappa shape index (κ2) is 12.8. The molecule has 0 saturated carbocycles. The Morgan fingerprint density at radius 2 is 2.00 bits per heavy atom. The number of hydrogen-bond donors (Lipinski definition) is 3. The Morgan fingerprint density at radius 1 is 1.21 bits per heavy atom. The van der Waals surface area contributed by atoms with Crippen LogP contribution in [0, 0.1) is 0 Å². The molecule has 2 aromatic heterocycles. The SMILES string of the molecule is CN=C(NCCNC(=O)c1ccco1)NCC(c1cccs1)N1CCOCC1.I. The Morgan fingerprint density at radius 3 is 2.66 bits per heavy atom. The van der Waals surface area contributed by atoms with Crippen molar-refractivity contribution >= 4 is 47.2 Å². The molecule has 29 heavy (non-hydrogen) atoms. The van der Waals surface area contributed by atoms with Gasteiger partial charge in [0.2, 0.25) is 0 Å². The van der Waals surface area contributed by atoms with Gasteiger partial charge in [0.25, 0.3) is 5.91 Å². The second-order valence-electron chi connectivity index (χ2n) is 6.29. The Labute approximate surface area is 192 Å². The summed E-state index contributed by atoms with van der Waals surface area (Å²) in [4.78, 5) is 19.9. The van der Waals surface area contributed by atoms with Crippen molar-refractivity contribution in [2.24, 2.45) is 4.99 Å². The smallest absolute Gasteiger partial charge is 0.287 e. The first-order valence-corrected chi connectivity index (χ1v) is 10.3. The Bertz CT molecular complexity index is 733. The number of halogens is 1. The molecule has 8 nitrogen and oxygen atoms in total. The van der Waals surface area contributed by atoms with E-state index in [2.05, 4.69) is 43.4 Å². The maximum absolute atomic E-state index is 11.8. The van der Waals surface area contributed by atoms with Crippen LogP contribution < -0.4 is 16.0 Å². The lowest BCUT2D eigenvalue weighted by Crippen LogP contribution is -2.47. The van der Waals surface area contributed by atoms with Gasteiger partial charge in [0, 0.05) is 44.6 Å². The highest BCUT2D eigenvalue weighted by molar-refractivity contribution is 14.0. The molecule has 0 radical (unpaired) electrons. The number of morpholine rings is 1. The molecule has 0 aromatic carbocycles. The summed E-state index contributed by atoms with van der Waals surface area (Å²) in [7, 11) is 1.74. The van der Waals surface area contributed by atoms with E-state index < -0.39 is 0 Å². The fourth-order valence-electron chi connectivity index (χ4n) is 3.05. The predicted octanol–water partition coefficient (Wildman–Crippen LogP) is 1.93. The third kappa shape index (κ3) is 7.28. The van der Waals surface area contributed by atoms with E-state index in [-0.39, 0.29) is 35.9 Å². The van der Waals surface area contributed by atoms with Gasteiger partial charge in [-0.15, -0.1) is 35.3 Å². The van der Waals surface area contributed by atoms with Gasteiger partial charge < -0.3 is 25.1 Å². The van der Waals surface area contributed by atoms with Crippen LogP contribution >= 0.6 is 35.3 Å². The van der Waals surface area contributed by atoms with Gasteiger partial charge in [-0.3, -0.25) is 14.7 Å². The molecular weight excluding hydrogens is 505 g/mol. The molecule has 160 valence electrons. The van der Waals surface area contributed by atoms with Crippen molar-refractivity contribution in [3.05, 3.63) is 46.5 Å². The van der Waals surface area contributed by atoms with Crippen molar-refractivity contribution in [2.45, 2.75) is 6.04 Å². The molecule has 10 heteroatoms. The molecule has 1 aliphatic rings. The van der Waals surface area contributed by atoms with Crippen LogP contribution in [0.3, 0.4) is 0 Å². The zero-order valence-corrected chi connectivity index (χ0v) is 19.6. The maximum Gasteiger partial charge on any atom is 0.287 e. The van der Waals surface area contributed by atoms with Crippen LogP contribution in [-0.4, -0.2) is 69.8 Å². The summed E-state index contributed by atoms with van der Waals surface area (Å²) in [6.45, 7) is 5.17. The van der Waals surface area contributed by atoms with E-state index in [0.717, 1.165) is 32.8 Å². The highest BCUT2D eigenvalue weighted by atomic mass is 127. The minimum atomic E-state index is -0.222. The zero-order valence-electron chi connectivity index (χ0n) is 16.4. The largest absolute Gasteiger partial charge is 0.459 e. The Kier molecular flexibility index (Phi) is 10.5. The summed E-state index contributed by atoms with van der Waals surface area (Å²) in [6.07, 6.45) is 1.48. The van der Waals surface area contributed by atoms with Crippen molar-refractivity contribution in [3.63, 3.8) is 0 Å². The molecule has 2 aromatic rings. The summed E-state index contributed by atoms with van der Waals surface area (Å²) in [5, 5.41) is 11.5. The van der Waals surface area contributed by atoms with Crippen molar-refractivity contribution in [3.8, 4) is 0 Å². The zero-order chi connectivity index (χ0) is 19.6. The van der Waals surface area contributed by atoms with Gasteiger partial charge >= 0.3 is 0 Å². The van der Waals surface area contributed by atoms with Crippen LogP contribution in [0.2, 0.25) is 0 Å². The minimum Gasteiger partial charge on any atom is -0.459 e. The molecule has 1 atom stereocenters. The molecule has 1 fully saturated rings. The molecule has 0 spiro atoms. The Hall–Kier alpha value is -1.63. The van der Waals surface area contributed by atoms with E-state index in [1.54, 1.807) is 30.5 Å². The number of guanidine groups is 1. The molecule has 1 aliphatic heterocycles. The highest BCUT2D eigenvalue weighted by Gasteiger charge is 2.23. The van der Waals surface area contributed by atoms with E-state index in [4.69, 9.17) is 9.15 Å². The van der Waals surface area contributed by atoms with Gasteiger partial charge in [0.05, 0.1) is 25.5 Å². The number of rotatable bonds is 8. The molecular formula is C19H28IN5O3S. The molecule has 0 bridgehead atoms. The van der Waals surface area contributed by atoms with Crippen LogP contribution in [0.4, 0.5) is 0 Å². The van der Waals surface area contributed by atoms with E-state index in [9.17, 15) is 4.79 Å². The quantitative estimate of drug-likeness (QED) is 0.208. The molecule has 3 rings (SSSR count). The molecule has 1 saturated heterocycles. The van der Waals surface area contributed by atoms with Crippen LogP contribution in [0.25, 0.3) is 0 Å². The number of thiophene rings is 1. The lowest BCUT2D eigenvalue weighted by atomic mass is 10.2. The summed E-state index contributed by atoms with van der Waals surface area (Å²) < 4.78 is 10.6. The predicted molar refractivity (Wildman–Crippen MR) is 125 cm³/mol. The van der Waals surface area contributed by atoms with Gasteiger partial charge in [-0.05, 0) is 23.6 Å². The van der Waals surface area contributed by atoms with Crippen LogP contribution in [-0.2, 0) is 4.74 Å². The van der Waals surface area contributed by atoms with Gasteiger partial charge in [-0.25, -0.2) is 0 Å². The lowest BCUT2D eigenvalue weighted by molar-refractivity contribution is 0.0177. The first-order chi connectivity index (χ1) is 13.8. The molecule has 3 heterocycles. The number of carbonyl (C=O) groups is 1. The van der Waals surface area contributed by atoms with Crippen molar-refractivity contribution in [1.82, 2.24) is 20.9 Å². The number of hydrogen-bond acceptors (Lipinski definition) is 6. The maximum atomic E-state index is 11.8. The third-order valence-electron chi connectivity index (χ3n) is 4.49. The van der Waals surface area contributed by atoms with Crippen molar-refractivity contribution in [1.29, 1.82) is 0 Å². The Balaban J connectivity index is 0.00000300. The van der Waals surface area contributed by atoms with Crippen LogP contribution in [0.5, 0.6) is 0 Å². The first kappa shape index (κ1) is 23.6.